The van der Waals surface area contributed by atoms with E-state index in [1.54, 1.807) is 0 Å². The summed E-state index contributed by atoms with van der Waals surface area (Å²) in [5.74, 6) is 1.12. The second kappa shape index (κ2) is 9.75. The summed E-state index contributed by atoms with van der Waals surface area (Å²) in [6.07, 6.45) is 3.27. The molecule has 0 saturated carbocycles. The monoisotopic (exact) mass is 420 g/mol. The van der Waals surface area contributed by atoms with E-state index in [0.717, 1.165) is 18.1 Å². The summed E-state index contributed by atoms with van der Waals surface area (Å²) in [6.45, 7) is 7.34. The fourth-order valence-electron chi connectivity index (χ4n) is 1.13. The first-order valence-electron chi connectivity index (χ1n) is 3.74. The van der Waals surface area contributed by atoms with Crippen molar-refractivity contribution in [2.24, 2.45) is 0 Å². The first kappa shape index (κ1) is 19.7. The Balaban J connectivity index is -0.000000333. The molecule has 0 aliphatic heterocycles. The molecule has 1 aromatic rings. The Kier molecular flexibility index (Phi) is 14.8. The second-order valence-corrected chi connectivity index (χ2v) is 2.62. The maximum absolute atomic E-state index is 4.29. The predicted molar refractivity (Wildman–Crippen MR) is 63.2 cm³/mol. The molecule has 0 N–H and O–H groups in total. The first-order valence-corrected chi connectivity index (χ1v) is 3.74. The molecule has 0 aliphatic carbocycles. The van der Waals surface area contributed by atoms with Crippen LogP contribution in [0.25, 0.3) is 0 Å². The molecule has 0 unspecified atom stereocenters. The van der Waals surface area contributed by atoms with E-state index in [2.05, 4.69) is 22.7 Å². The van der Waals surface area contributed by atoms with Gasteiger partial charge in [-0.25, -0.2) is 4.98 Å². The molecule has 0 spiro atoms. The number of nitrogens with zero attached hydrogens (tertiary/aromatic N) is 2. The molecule has 5 heteroatoms. The van der Waals surface area contributed by atoms with Gasteiger partial charge >= 0.3 is 17.4 Å². The third-order valence-corrected chi connectivity index (χ3v) is 1.56. The molecule has 0 fully saturated rings. The molecule has 74 valence electrons. The van der Waals surface area contributed by atoms with E-state index in [4.69, 9.17) is 0 Å². The summed E-state index contributed by atoms with van der Waals surface area (Å²) in [6, 6.07) is 0. The van der Waals surface area contributed by atoms with Gasteiger partial charge in [0.2, 0.25) is 0 Å². The average Bonchev–Trinajstić information content (AvgIpc) is 2.13. The SMILES string of the molecule is CCCn1cc(C)nc1C.I.[Al+].[I-]. The molecule has 0 atom stereocenters. The molecule has 0 bridgehead atoms. The van der Waals surface area contributed by atoms with Crippen LogP contribution in [0.4, 0.5) is 0 Å². The van der Waals surface area contributed by atoms with Crippen LogP contribution in [-0.2, 0) is 6.54 Å². The summed E-state index contributed by atoms with van der Waals surface area (Å²) in [4.78, 5) is 4.29. The number of aromatic nitrogens is 2. The van der Waals surface area contributed by atoms with Crippen molar-refractivity contribution in [1.29, 1.82) is 0 Å². The van der Waals surface area contributed by atoms with Crippen molar-refractivity contribution in [2.45, 2.75) is 33.7 Å². The van der Waals surface area contributed by atoms with Crippen molar-refractivity contribution in [3.05, 3.63) is 17.7 Å². The van der Waals surface area contributed by atoms with Crippen LogP contribution >= 0.6 is 24.0 Å². The fraction of sp³-hybridized carbons (Fsp3) is 0.625. The first-order chi connectivity index (χ1) is 4.74. The molecule has 1 rings (SSSR count). The Labute approximate surface area is 125 Å². The van der Waals surface area contributed by atoms with E-state index >= 15 is 0 Å². The minimum atomic E-state index is 0. The van der Waals surface area contributed by atoms with Crippen molar-refractivity contribution in [2.75, 3.05) is 0 Å². The summed E-state index contributed by atoms with van der Waals surface area (Å²) >= 11 is 0. The summed E-state index contributed by atoms with van der Waals surface area (Å²) in [7, 11) is 0. The molecular formula is C8H15AlI2N2. The molecule has 0 amide bonds. The van der Waals surface area contributed by atoms with Gasteiger partial charge in [0.1, 0.15) is 5.82 Å². The van der Waals surface area contributed by atoms with Gasteiger partial charge in [0.05, 0.1) is 5.69 Å². The number of hydrogen-bond acceptors (Lipinski definition) is 1. The van der Waals surface area contributed by atoms with E-state index in [-0.39, 0.29) is 65.3 Å². The zero-order chi connectivity index (χ0) is 7.56. The second-order valence-electron chi connectivity index (χ2n) is 2.62. The molecule has 2 radical (unpaired) electrons. The van der Waals surface area contributed by atoms with Gasteiger partial charge < -0.3 is 28.5 Å². The summed E-state index contributed by atoms with van der Waals surface area (Å²) < 4.78 is 2.19. The molecule has 1 aromatic heterocycles. The van der Waals surface area contributed by atoms with Gasteiger partial charge in [0.15, 0.2) is 0 Å². The van der Waals surface area contributed by atoms with E-state index in [9.17, 15) is 0 Å². The topological polar surface area (TPSA) is 17.8 Å². The molecular weight excluding hydrogens is 405 g/mol. The zero-order valence-electron chi connectivity index (χ0n) is 8.25. The largest absolute Gasteiger partial charge is 1.00 e. The number of rotatable bonds is 2. The van der Waals surface area contributed by atoms with Gasteiger partial charge in [-0.2, -0.15) is 0 Å². The van der Waals surface area contributed by atoms with Crippen LogP contribution in [0.15, 0.2) is 6.20 Å². The minimum absolute atomic E-state index is 0. The van der Waals surface area contributed by atoms with Crippen LogP contribution in [0.5, 0.6) is 0 Å². The van der Waals surface area contributed by atoms with E-state index in [1.165, 1.54) is 6.42 Å². The summed E-state index contributed by atoms with van der Waals surface area (Å²) in [5.41, 5.74) is 1.12. The van der Waals surface area contributed by atoms with Crippen LogP contribution in [0, 0.1) is 13.8 Å². The fourth-order valence-corrected chi connectivity index (χ4v) is 1.13. The van der Waals surface area contributed by atoms with Crippen LogP contribution in [0.1, 0.15) is 24.9 Å². The smallest absolute Gasteiger partial charge is 1.00 e. The Hall–Kier alpha value is 1.20. The van der Waals surface area contributed by atoms with Gasteiger partial charge in [-0.05, 0) is 20.3 Å². The van der Waals surface area contributed by atoms with Gasteiger partial charge in [-0.3, -0.25) is 0 Å². The number of aryl methyl sites for hydroxylation is 3. The van der Waals surface area contributed by atoms with Crippen LogP contribution in [0.2, 0.25) is 0 Å². The molecule has 0 saturated heterocycles. The van der Waals surface area contributed by atoms with Crippen molar-refractivity contribution in [3.8, 4) is 0 Å². The Morgan fingerprint density at radius 3 is 2.23 bits per heavy atom. The van der Waals surface area contributed by atoms with Crippen molar-refractivity contribution in [1.82, 2.24) is 9.55 Å². The number of hydrogen-bond donors (Lipinski definition) is 0. The average molecular weight is 420 g/mol. The van der Waals surface area contributed by atoms with Crippen LogP contribution < -0.4 is 24.0 Å². The van der Waals surface area contributed by atoms with Crippen molar-refractivity contribution >= 4 is 41.3 Å². The molecule has 0 aromatic carbocycles. The van der Waals surface area contributed by atoms with Gasteiger partial charge in [0, 0.05) is 12.7 Å². The summed E-state index contributed by atoms with van der Waals surface area (Å²) in [5, 5.41) is 0. The normalized spacial score (nSPS) is 7.92. The predicted octanol–water partition coefficient (Wildman–Crippen LogP) is -0.849. The quantitative estimate of drug-likeness (QED) is 0.451. The van der Waals surface area contributed by atoms with Gasteiger partial charge in [0.25, 0.3) is 0 Å². The zero-order valence-corrected chi connectivity index (χ0v) is 13.9. The maximum Gasteiger partial charge on any atom is 1.00 e. The van der Waals surface area contributed by atoms with Crippen LogP contribution in [-0.4, -0.2) is 26.9 Å². The van der Waals surface area contributed by atoms with Crippen LogP contribution in [0.3, 0.4) is 0 Å². The van der Waals surface area contributed by atoms with E-state index < -0.39 is 0 Å². The molecule has 2 nitrogen and oxygen atoms in total. The number of halogens is 2. The Bertz CT molecular complexity index is 226. The molecule has 13 heavy (non-hydrogen) atoms. The maximum atomic E-state index is 4.29. The third kappa shape index (κ3) is 6.31. The Morgan fingerprint density at radius 1 is 1.38 bits per heavy atom. The molecule has 1 heterocycles. The van der Waals surface area contributed by atoms with E-state index in [0.29, 0.717) is 0 Å². The third-order valence-electron chi connectivity index (χ3n) is 1.56. The Morgan fingerprint density at radius 2 is 1.92 bits per heavy atom. The minimum Gasteiger partial charge on any atom is -1.00 e. The van der Waals surface area contributed by atoms with Gasteiger partial charge in [-0.15, -0.1) is 24.0 Å². The van der Waals surface area contributed by atoms with Gasteiger partial charge in [-0.1, -0.05) is 6.92 Å². The standard InChI is InChI=1S/C8H14N2.Al.2HI/c1-4-5-10-6-7(2)9-8(10)3;;;/h6H,4-5H2,1-3H3;;2*1H/q;+1;;/p-1. The van der Waals surface area contributed by atoms with Crippen molar-refractivity contribution < 1.29 is 24.0 Å². The molecule has 0 aliphatic rings. The van der Waals surface area contributed by atoms with Crippen molar-refractivity contribution in [3.63, 3.8) is 0 Å². The van der Waals surface area contributed by atoms with E-state index in [1.807, 2.05) is 13.8 Å². The number of imidazole rings is 1.